The van der Waals surface area contributed by atoms with Crippen LogP contribution in [0.2, 0.25) is 0 Å². The zero-order valence-corrected chi connectivity index (χ0v) is 11.9. The molecular formula is C16H23NO2. The maximum Gasteiger partial charge on any atom is 0.227 e. The highest BCUT2D eigenvalue weighted by atomic mass is 16.5. The summed E-state index contributed by atoms with van der Waals surface area (Å²) in [5.41, 5.74) is 0.993. The molecule has 0 N–H and O–H groups in total. The number of para-hydroxylation sites is 1. The third-order valence-electron chi connectivity index (χ3n) is 3.74. The molecule has 1 aromatic carbocycles. The van der Waals surface area contributed by atoms with Crippen molar-refractivity contribution in [3.63, 3.8) is 0 Å². The minimum absolute atomic E-state index is 0.222. The molecule has 2 rings (SSSR count). The van der Waals surface area contributed by atoms with Crippen LogP contribution in [0.1, 0.15) is 38.7 Å². The van der Waals surface area contributed by atoms with E-state index >= 15 is 0 Å². The summed E-state index contributed by atoms with van der Waals surface area (Å²) in [7, 11) is 0. The van der Waals surface area contributed by atoms with Crippen LogP contribution in [-0.2, 0) is 11.2 Å². The number of benzene rings is 1. The molecule has 0 unspecified atom stereocenters. The molecule has 1 fully saturated rings. The molecule has 1 aliphatic heterocycles. The fourth-order valence-electron chi connectivity index (χ4n) is 2.68. The van der Waals surface area contributed by atoms with Crippen molar-refractivity contribution in [2.24, 2.45) is 0 Å². The molecule has 3 nitrogen and oxygen atoms in total. The molecule has 1 aromatic rings. The number of rotatable bonds is 4. The smallest absolute Gasteiger partial charge is 0.227 e. The molecule has 0 saturated carbocycles. The summed E-state index contributed by atoms with van der Waals surface area (Å²) in [6.07, 6.45) is 3.93. The van der Waals surface area contributed by atoms with Crippen LogP contribution in [0.3, 0.4) is 0 Å². The molecule has 19 heavy (non-hydrogen) atoms. The van der Waals surface area contributed by atoms with E-state index in [9.17, 15) is 4.79 Å². The summed E-state index contributed by atoms with van der Waals surface area (Å²) >= 11 is 0. The highest BCUT2D eigenvalue weighted by Gasteiger charge is 2.23. The molecule has 0 radical (unpaired) electrons. The van der Waals surface area contributed by atoms with E-state index < -0.39 is 0 Å². The second kappa shape index (κ2) is 6.60. The van der Waals surface area contributed by atoms with Gasteiger partial charge >= 0.3 is 0 Å². The molecule has 1 aliphatic rings. The Morgan fingerprint density at radius 2 is 2.16 bits per heavy atom. The Balaban J connectivity index is 2.05. The number of carbonyl (C=O) groups is 1. The minimum Gasteiger partial charge on any atom is -0.494 e. The molecule has 1 atom stereocenters. The van der Waals surface area contributed by atoms with E-state index in [-0.39, 0.29) is 5.91 Å². The van der Waals surface area contributed by atoms with Crippen LogP contribution in [0.4, 0.5) is 0 Å². The molecule has 0 bridgehead atoms. The van der Waals surface area contributed by atoms with E-state index in [0.29, 0.717) is 19.1 Å². The molecule has 104 valence electrons. The van der Waals surface area contributed by atoms with E-state index in [0.717, 1.165) is 30.7 Å². The Morgan fingerprint density at radius 1 is 1.37 bits per heavy atom. The highest BCUT2D eigenvalue weighted by molar-refractivity contribution is 5.79. The first-order valence-corrected chi connectivity index (χ1v) is 7.22. The van der Waals surface area contributed by atoms with Gasteiger partial charge in [0.25, 0.3) is 0 Å². The number of piperidine rings is 1. The van der Waals surface area contributed by atoms with E-state index in [1.807, 2.05) is 36.1 Å². The number of ether oxygens (including phenoxy) is 1. The summed E-state index contributed by atoms with van der Waals surface area (Å²) < 4.78 is 5.58. The Kier molecular flexibility index (Phi) is 4.83. The zero-order valence-electron chi connectivity index (χ0n) is 11.9. The van der Waals surface area contributed by atoms with Crippen molar-refractivity contribution in [3.05, 3.63) is 29.8 Å². The second-order valence-electron chi connectivity index (χ2n) is 5.15. The van der Waals surface area contributed by atoms with Gasteiger partial charge < -0.3 is 9.64 Å². The Morgan fingerprint density at radius 3 is 2.89 bits per heavy atom. The number of carbonyl (C=O) groups excluding carboxylic acids is 1. The lowest BCUT2D eigenvalue weighted by Crippen LogP contribution is -2.42. The second-order valence-corrected chi connectivity index (χ2v) is 5.15. The first-order chi connectivity index (χ1) is 9.22. The van der Waals surface area contributed by atoms with Crippen molar-refractivity contribution in [2.75, 3.05) is 13.2 Å². The predicted octanol–water partition coefficient (Wildman–Crippen LogP) is 3.03. The van der Waals surface area contributed by atoms with Gasteiger partial charge in [-0.05, 0) is 39.2 Å². The zero-order chi connectivity index (χ0) is 13.7. The van der Waals surface area contributed by atoms with Crippen molar-refractivity contribution in [2.45, 2.75) is 45.6 Å². The standard InChI is InChI=1S/C16H23NO2/c1-3-19-15-10-5-4-9-14(15)12-16(18)17-11-7-6-8-13(17)2/h4-5,9-10,13H,3,6-8,11-12H2,1-2H3/t13-/m1/s1. The lowest BCUT2D eigenvalue weighted by atomic mass is 10.0. The van der Waals surface area contributed by atoms with Crippen LogP contribution < -0.4 is 4.74 Å². The number of likely N-dealkylation sites (tertiary alicyclic amines) is 1. The average molecular weight is 261 g/mol. The van der Waals surface area contributed by atoms with Crippen LogP contribution in [0.15, 0.2) is 24.3 Å². The fourth-order valence-corrected chi connectivity index (χ4v) is 2.68. The van der Waals surface area contributed by atoms with Crippen molar-refractivity contribution >= 4 is 5.91 Å². The van der Waals surface area contributed by atoms with Crippen molar-refractivity contribution in [1.29, 1.82) is 0 Å². The first kappa shape index (κ1) is 13.9. The van der Waals surface area contributed by atoms with Crippen LogP contribution in [0, 0.1) is 0 Å². The third-order valence-corrected chi connectivity index (χ3v) is 3.74. The SMILES string of the molecule is CCOc1ccccc1CC(=O)N1CCCC[C@H]1C. The Bertz CT molecular complexity index is 431. The molecule has 0 spiro atoms. The molecular weight excluding hydrogens is 238 g/mol. The van der Waals surface area contributed by atoms with Gasteiger partial charge in [0.15, 0.2) is 0 Å². The van der Waals surface area contributed by atoms with E-state index in [2.05, 4.69) is 6.92 Å². The van der Waals surface area contributed by atoms with Gasteiger partial charge in [-0.2, -0.15) is 0 Å². The van der Waals surface area contributed by atoms with Crippen LogP contribution in [0.5, 0.6) is 5.75 Å². The van der Waals surface area contributed by atoms with Crippen molar-refractivity contribution < 1.29 is 9.53 Å². The van der Waals surface area contributed by atoms with Gasteiger partial charge in [-0.3, -0.25) is 4.79 Å². The van der Waals surface area contributed by atoms with Gasteiger partial charge in [0, 0.05) is 18.2 Å². The number of hydrogen-bond donors (Lipinski definition) is 0. The lowest BCUT2D eigenvalue weighted by molar-refractivity contribution is -0.133. The van der Waals surface area contributed by atoms with Gasteiger partial charge in [0.05, 0.1) is 13.0 Å². The molecule has 0 aromatic heterocycles. The Hall–Kier alpha value is -1.51. The molecule has 1 heterocycles. The minimum atomic E-state index is 0.222. The average Bonchev–Trinajstić information content (AvgIpc) is 2.41. The number of hydrogen-bond acceptors (Lipinski definition) is 2. The predicted molar refractivity (Wildman–Crippen MR) is 76.3 cm³/mol. The van der Waals surface area contributed by atoms with Crippen LogP contribution >= 0.6 is 0 Å². The summed E-state index contributed by atoms with van der Waals surface area (Å²) in [5, 5.41) is 0. The topological polar surface area (TPSA) is 29.5 Å². The maximum absolute atomic E-state index is 12.4. The summed E-state index contributed by atoms with van der Waals surface area (Å²) in [5.74, 6) is 1.06. The number of amides is 1. The highest BCUT2D eigenvalue weighted by Crippen LogP contribution is 2.22. The Labute approximate surface area is 115 Å². The monoisotopic (exact) mass is 261 g/mol. The molecule has 0 aliphatic carbocycles. The lowest BCUT2D eigenvalue weighted by Gasteiger charge is -2.33. The first-order valence-electron chi connectivity index (χ1n) is 7.22. The third kappa shape index (κ3) is 3.49. The van der Waals surface area contributed by atoms with Gasteiger partial charge in [-0.15, -0.1) is 0 Å². The maximum atomic E-state index is 12.4. The van der Waals surface area contributed by atoms with E-state index in [4.69, 9.17) is 4.74 Å². The summed E-state index contributed by atoms with van der Waals surface area (Å²) in [4.78, 5) is 14.4. The summed E-state index contributed by atoms with van der Waals surface area (Å²) in [6, 6.07) is 8.21. The molecule has 1 amide bonds. The van der Waals surface area contributed by atoms with Gasteiger partial charge in [0.1, 0.15) is 5.75 Å². The molecule has 3 heteroatoms. The van der Waals surface area contributed by atoms with Crippen molar-refractivity contribution in [3.8, 4) is 5.75 Å². The largest absolute Gasteiger partial charge is 0.494 e. The van der Waals surface area contributed by atoms with Crippen LogP contribution in [-0.4, -0.2) is 30.0 Å². The quantitative estimate of drug-likeness (QED) is 0.833. The van der Waals surface area contributed by atoms with Crippen molar-refractivity contribution in [1.82, 2.24) is 4.90 Å². The van der Waals surface area contributed by atoms with E-state index in [1.165, 1.54) is 6.42 Å². The molecule has 1 saturated heterocycles. The van der Waals surface area contributed by atoms with Crippen LogP contribution in [0.25, 0.3) is 0 Å². The fraction of sp³-hybridized carbons (Fsp3) is 0.562. The normalized spacial score (nSPS) is 19.3. The van der Waals surface area contributed by atoms with Gasteiger partial charge in [-0.1, -0.05) is 18.2 Å². The van der Waals surface area contributed by atoms with E-state index in [1.54, 1.807) is 0 Å². The van der Waals surface area contributed by atoms with Gasteiger partial charge in [-0.25, -0.2) is 0 Å². The number of nitrogens with zero attached hydrogens (tertiary/aromatic N) is 1. The van der Waals surface area contributed by atoms with Gasteiger partial charge in [0.2, 0.25) is 5.91 Å². The summed E-state index contributed by atoms with van der Waals surface area (Å²) in [6.45, 7) is 5.64.